The highest BCUT2D eigenvalue weighted by atomic mass is 32.2. The van der Waals surface area contributed by atoms with E-state index in [-0.39, 0.29) is 10.8 Å². The number of amides is 1. The topological polar surface area (TPSA) is 83.7 Å². The summed E-state index contributed by atoms with van der Waals surface area (Å²) in [6, 6.07) is 0. The van der Waals surface area contributed by atoms with Gasteiger partial charge >= 0.3 is 0 Å². The molecule has 2 heterocycles. The van der Waals surface area contributed by atoms with Crippen molar-refractivity contribution in [1.29, 1.82) is 0 Å². The maximum absolute atomic E-state index is 12.9. The largest absolute Gasteiger partial charge is 0.360 e. The third-order valence-corrected chi connectivity index (χ3v) is 8.62. The Hall–Kier alpha value is -1.41. The maximum atomic E-state index is 12.9. The molecular formula is C18H27N3O4S. The zero-order valence-corrected chi connectivity index (χ0v) is 16.3. The predicted molar refractivity (Wildman–Crippen MR) is 94.9 cm³/mol. The van der Waals surface area contributed by atoms with E-state index in [0.29, 0.717) is 50.0 Å². The van der Waals surface area contributed by atoms with Crippen LogP contribution in [0.1, 0.15) is 43.6 Å². The molecular weight excluding hydrogens is 354 g/mol. The van der Waals surface area contributed by atoms with Crippen LogP contribution in [0.15, 0.2) is 9.42 Å². The van der Waals surface area contributed by atoms with Crippen LogP contribution in [0.3, 0.4) is 0 Å². The first-order valence-corrected chi connectivity index (χ1v) is 11.0. The zero-order valence-electron chi connectivity index (χ0n) is 15.5. The summed E-state index contributed by atoms with van der Waals surface area (Å²) in [7, 11) is -3.62. The molecule has 0 radical (unpaired) electrons. The number of piperazine rings is 1. The molecule has 7 nitrogen and oxygen atoms in total. The van der Waals surface area contributed by atoms with Gasteiger partial charge in [-0.15, -0.1) is 0 Å². The van der Waals surface area contributed by atoms with Crippen molar-refractivity contribution in [2.24, 2.45) is 17.8 Å². The molecule has 4 rings (SSSR count). The molecule has 2 saturated carbocycles. The molecule has 144 valence electrons. The quantitative estimate of drug-likeness (QED) is 0.796. The van der Waals surface area contributed by atoms with Gasteiger partial charge in [-0.25, -0.2) is 8.42 Å². The summed E-state index contributed by atoms with van der Waals surface area (Å²) in [6.07, 6.45) is 5.77. The molecule has 0 aromatic carbocycles. The lowest BCUT2D eigenvalue weighted by Gasteiger charge is -2.35. The minimum Gasteiger partial charge on any atom is -0.360 e. The predicted octanol–water partition coefficient (Wildman–Crippen LogP) is 1.95. The fourth-order valence-corrected chi connectivity index (χ4v) is 6.84. The van der Waals surface area contributed by atoms with E-state index >= 15 is 0 Å². The maximum Gasteiger partial charge on any atom is 0.248 e. The summed E-state index contributed by atoms with van der Waals surface area (Å²) in [5.41, 5.74) is 0.386. The minimum absolute atomic E-state index is 0.166. The third kappa shape index (κ3) is 3.07. The van der Waals surface area contributed by atoms with E-state index in [1.807, 2.05) is 4.90 Å². The summed E-state index contributed by atoms with van der Waals surface area (Å²) in [5.74, 6) is 2.64. The molecule has 3 atom stereocenters. The van der Waals surface area contributed by atoms with Crippen molar-refractivity contribution in [1.82, 2.24) is 14.4 Å². The Bertz CT molecular complexity index is 776. The number of carbonyl (C=O) groups excluding carboxylic acids is 1. The van der Waals surface area contributed by atoms with Crippen molar-refractivity contribution in [2.75, 3.05) is 26.2 Å². The first kappa shape index (κ1) is 18.0. The Morgan fingerprint density at radius 3 is 2.42 bits per heavy atom. The normalized spacial score (nSPS) is 29.5. The number of nitrogens with zero attached hydrogens (tertiary/aromatic N) is 3. The summed E-state index contributed by atoms with van der Waals surface area (Å²) in [5, 5.41) is 3.75. The van der Waals surface area contributed by atoms with E-state index in [0.717, 1.165) is 11.8 Å². The Morgan fingerprint density at radius 1 is 1.15 bits per heavy atom. The SMILES string of the molecule is Cc1noc(C)c1S(=O)(=O)N1CCN(C(=O)C[C@H]2C[C@H]3CC[C@@H]2C3)CC1. The first-order valence-electron chi connectivity index (χ1n) is 9.57. The number of sulfonamides is 1. The van der Waals surface area contributed by atoms with Crippen molar-refractivity contribution < 1.29 is 17.7 Å². The van der Waals surface area contributed by atoms with Gasteiger partial charge < -0.3 is 9.42 Å². The van der Waals surface area contributed by atoms with Gasteiger partial charge in [0.1, 0.15) is 10.6 Å². The Kier molecular flexibility index (Phi) is 4.59. The molecule has 1 amide bonds. The van der Waals surface area contributed by atoms with E-state index in [1.54, 1.807) is 13.8 Å². The molecule has 2 bridgehead atoms. The summed E-state index contributed by atoms with van der Waals surface area (Å²) in [6.45, 7) is 4.83. The third-order valence-electron chi connectivity index (χ3n) is 6.48. The lowest BCUT2D eigenvalue weighted by molar-refractivity contribution is -0.133. The summed E-state index contributed by atoms with van der Waals surface area (Å²) >= 11 is 0. The smallest absolute Gasteiger partial charge is 0.248 e. The van der Waals surface area contributed by atoms with Crippen LogP contribution in [0.25, 0.3) is 0 Å². The van der Waals surface area contributed by atoms with E-state index in [9.17, 15) is 13.2 Å². The number of aromatic nitrogens is 1. The van der Waals surface area contributed by atoms with Crippen LogP contribution in [0.2, 0.25) is 0 Å². The van der Waals surface area contributed by atoms with Gasteiger partial charge in [-0.3, -0.25) is 4.79 Å². The number of hydrogen-bond acceptors (Lipinski definition) is 5. The van der Waals surface area contributed by atoms with Crippen molar-refractivity contribution in [2.45, 2.75) is 50.8 Å². The second kappa shape index (κ2) is 6.64. The van der Waals surface area contributed by atoms with E-state index in [2.05, 4.69) is 5.16 Å². The molecule has 1 aliphatic heterocycles. The van der Waals surface area contributed by atoms with Gasteiger partial charge in [-0.05, 0) is 50.9 Å². The molecule has 1 aromatic heterocycles. The first-order chi connectivity index (χ1) is 12.4. The van der Waals surface area contributed by atoms with E-state index in [4.69, 9.17) is 4.52 Å². The zero-order chi connectivity index (χ0) is 18.5. The highest BCUT2D eigenvalue weighted by Crippen LogP contribution is 2.49. The van der Waals surface area contributed by atoms with Crippen LogP contribution < -0.4 is 0 Å². The Labute approximate surface area is 154 Å². The summed E-state index contributed by atoms with van der Waals surface area (Å²) < 4.78 is 32.2. The van der Waals surface area contributed by atoms with Crippen molar-refractivity contribution >= 4 is 15.9 Å². The standard InChI is InChI=1S/C18H27N3O4S/c1-12-18(13(2)25-19-12)26(23,24)21-7-5-20(6-8-21)17(22)11-16-10-14-3-4-15(16)9-14/h14-16H,3-11H2,1-2H3/t14-,15+,16+/m0/s1. The van der Waals surface area contributed by atoms with Crippen molar-refractivity contribution in [3.8, 4) is 0 Å². The lowest BCUT2D eigenvalue weighted by Crippen LogP contribution is -2.51. The lowest BCUT2D eigenvalue weighted by atomic mass is 9.86. The monoisotopic (exact) mass is 381 g/mol. The van der Waals surface area contributed by atoms with Crippen LogP contribution in [0.4, 0.5) is 0 Å². The average molecular weight is 381 g/mol. The molecule has 0 N–H and O–H groups in total. The number of fused-ring (bicyclic) bond motifs is 2. The highest BCUT2D eigenvalue weighted by molar-refractivity contribution is 7.89. The van der Waals surface area contributed by atoms with Crippen molar-refractivity contribution in [3.05, 3.63) is 11.5 Å². The molecule has 8 heteroatoms. The van der Waals surface area contributed by atoms with Crippen LogP contribution in [0.5, 0.6) is 0 Å². The van der Waals surface area contributed by atoms with E-state index < -0.39 is 10.0 Å². The number of aryl methyl sites for hydroxylation is 2. The number of hydrogen-bond donors (Lipinski definition) is 0. The minimum atomic E-state index is -3.62. The fourth-order valence-electron chi connectivity index (χ4n) is 5.13. The van der Waals surface area contributed by atoms with Crippen LogP contribution in [-0.4, -0.2) is 54.9 Å². The van der Waals surface area contributed by atoms with Gasteiger partial charge in [0.15, 0.2) is 5.76 Å². The van der Waals surface area contributed by atoms with Crippen LogP contribution in [-0.2, 0) is 14.8 Å². The van der Waals surface area contributed by atoms with Crippen LogP contribution >= 0.6 is 0 Å². The molecule has 3 fully saturated rings. The van der Waals surface area contributed by atoms with Gasteiger partial charge in [0.2, 0.25) is 15.9 Å². The summed E-state index contributed by atoms with van der Waals surface area (Å²) in [4.78, 5) is 14.7. The molecule has 26 heavy (non-hydrogen) atoms. The van der Waals surface area contributed by atoms with Gasteiger partial charge in [0, 0.05) is 32.6 Å². The number of carbonyl (C=O) groups is 1. The molecule has 0 unspecified atom stereocenters. The highest BCUT2D eigenvalue weighted by Gasteiger charge is 2.41. The average Bonchev–Trinajstić information content (AvgIpc) is 3.31. The molecule has 1 saturated heterocycles. The van der Waals surface area contributed by atoms with Gasteiger partial charge in [0.05, 0.1) is 0 Å². The fraction of sp³-hybridized carbons (Fsp3) is 0.778. The van der Waals surface area contributed by atoms with Crippen LogP contribution in [0, 0.1) is 31.6 Å². The molecule has 3 aliphatic rings. The Morgan fingerprint density at radius 2 is 1.88 bits per heavy atom. The molecule has 0 spiro atoms. The van der Waals surface area contributed by atoms with Gasteiger partial charge in [0.25, 0.3) is 0 Å². The number of rotatable bonds is 4. The Balaban J connectivity index is 1.36. The molecule has 2 aliphatic carbocycles. The van der Waals surface area contributed by atoms with Crippen molar-refractivity contribution in [3.63, 3.8) is 0 Å². The second-order valence-electron chi connectivity index (χ2n) is 8.08. The van der Waals surface area contributed by atoms with Gasteiger partial charge in [-0.2, -0.15) is 4.31 Å². The second-order valence-corrected chi connectivity index (χ2v) is 9.95. The molecule has 1 aromatic rings. The van der Waals surface area contributed by atoms with Gasteiger partial charge in [-0.1, -0.05) is 11.6 Å². The van der Waals surface area contributed by atoms with E-state index in [1.165, 1.54) is 30.0 Å².